The van der Waals surface area contributed by atoms with Crippen molar-refractivity contribution in [3.8, 4) is 5.75 Å². The first-order valence-electron chi connectivity index (χ1n) is 11.0. The molecule has 1 atom stereocenters. The van der Waals surface area contributed by atoms with Gasteiger partial charge in [0.05, 0.1) is 25.0 Å². The molecule has 1 unspecified atom stereocenters. The first kappa shape index (κ1) is 23.7. The predicted octanol–water partition coefficient (Wildman–Crippen LogP) is 4.60. The number of nitrogens with one attached hydrogen (secondary N) is 1. The molecule has 2 heterocycles. The third-order valence-electron chi connectivity index (χ3n) is 5.99. The van der Waals surface area contributed by atoms with E-state index in [4.69, 9.17) is 9.15 Å². The minimum Gasteiger partial charge on any atom is -0.497 e. The predicted molar refractivity (Wildman–Crippen MR) is 122 cm³/mol. The van der Waals surface area contributed by atoms with Gasteiger partial charge >= 0.3 is 6.18 Å². The monoisotopic (exact) mass is 473 g/mol. The Morgan fingerprint density at radius 1 is 1.03 bits per heavy atom. The van der Waals surface area contributed by atoms with Gasteiger partial charge in [0, 0.05) is 44.0 Å². The molecular formula is C25H26F3N3O3. The van der Waals surface area contributed by atoms with Crippen molar-refractivity contribution in [1.82, 2.24) is 10.2 Å². The van der Waals surface area contributed by atoms with Crippen LogP contribution in [0.1, 0.15) is 27.7 Å². The summed E-state index contributed by atoms with van der Waals surface area (Å²) in [5.74, 6) is 1.11. The molecule has 1 amide bonds. The van der Waals surface area contributed by atoms with Gasteiger partial charge in [0.25, 0.3) is 5.91 Å². The van der Waals surface area contributed by atoms with Gasteiger partial charge in [0.15, 0.2) is 0 Å². The Morgan fingerprint density at radius 2 is 1.71 bits per heavy atom. The van der Waals surface area contributed by atoms with E-state index < -0.39 is 17.6 Å². The van der Waals surface area contributed by atoms with Crippen molar-refractivity contribution in [3.05, 3.63) is 83.8 Å². The molecule has 4 rings (SSSR count). The van der Waals surface area contributed by atoms with Crippen LogP contribution in [0.25, 0.3) is 0 Å². The van der Waals surface area contributed by atoms with Crippen molar-refractivity contribution in [2.45, 2.75) is 12.2 Å². The van der Waals surface area contributed by atoms with E-state index in [1.54, 1.807) is 19.4 Å². The maximum Gasteiger partial charge on any atom is 0.416 e. The van der Waals surface area contributed by atoms with E-state index >= 15 is 0 Å². The molecule has 34 heavy (non-hydrogen) atoms. The van der Waals surface area contributed by atoms with Gasteiger partial charge in [-0.1, -0.05) is 0 Å². The van der Waals surface area contributed by atoms with E-state index in [-0.39, 0.29) is 18.2 Å². The molecule has 1 aliphatic heterocycles. The van der Waals surface area contributed by atoms with Crippen molar-refractivity contribution in [2.24, 2.45) is 0 Å². The molecule has 0 radical (unpaired) electrons. The third kappa shape index (κ3) is 5.53. The SMILES string of the molecule is COc1ccc(N2CCN(C(CNC(=O)c3ccc(C(F)(F)F)cc3)c3ccco3)CC2)cc1. The van der Waals surface area contributed by atoms with Gasteiger partial charge in [-0.2, -0.15) is 13.2 Å². The zero-order chi connectivity index (χ0) is 24.1. The highest BCUT2D eigenvalue weighted by Crippen LogP contribution is 2.29. The molecule has 1 N–H and O–H groups in total. The second-order valence-corrected chi connectivity index (χ2v) is 8.04. The van der Waals surface area contributed by atoms with Crippen molar-refractivity contribution in [2.75, 3.05) is 44.7 Å². The van der Waals surface area contributed by atoms with Crippen LogP contribution in [0.5, 0.6) is 5.75 Å². The lowest BCUT2D eigenvalue weighted by molar-refractivity contribution is -0.137. The van der Waals surface area contributed by atoms with Crippen LogP contribution in [0.2, 0.25) is 0 Å². The first-order valence-corrected chi connectivity index (χ1v) is 11.0. The standard InChI is InChI=1S/C25H26F3N3O3/c1-33-21-10-8-20(9-11-21)30-12-14-31(15-13-30)22(23-3-2-16-34-23)17-29-24(32)18-4-6-19(7-5-18)25(26,27)28/h2-11,16,22H,12-15,17H2,1H3,(H,29,32). The van der Waals surface area contributed by atoms with E-state index in [9.17, 15) is 18.0 Å². The Kier molecular flexibility index (Phi) is 7.12. The number of rotatable bonds is 7. The van der Waals surface area contributed by atoms with Crippen LogP contribution in [0, 0.1) is 0 Å². The lowest BCUT2D eigenvalue weighted by atomic mass is 10.1. The number of ether oxygens (including phenoxy) is 1. The number of nitrogens with zero attached hydrogens (tertiary/aromatic N) is 2. The summed E-state index contributed by atoms with van der Waals surface area (Å²) in [5, 5.41) is 2.85. The number of hydrogen-bond acceptors (Lipinski definition) is 5. The van der Waals surface area contributed by atoms with Gasteiger partial charge in [0.1, 0.15) is 11.5 Å². The number of amides is 1. The molecule has 1 aliphatic rings. The van der Waals surface area contributed by atoms with E-state index in [1.807, 2.05) is 30.3 Å². The summed E-state index contributed by atoms with van der Waals surface area (Å²) in [7, 11) is 1.64. The summed E-state index contributed by atoms with van der Waals surface area (Å²) in [6.07, 6.45) is -2.85. The molecule has 0 spiro atoms. The average Bonchev–Trinajstić information content (AvgIpc) is 3.39. The number of hydrogen-bond donors (Lipinski definition) is 1. The summed E-state index contributed by atoms with van der Waals surface area (Å²) >= 11 is 0. The van der Waals surface area contributed by atoms with Gasteiger partial charge in [-0.15, -0.1) is 0 Å². The Bertz CT molecular complexity index is 1060. The normalized spacial score (nSPS) is 15.7. The summed E-state index contributed by atoms with van der Waals surface area (Å²) in [6.45, 7) is 3.39. The van der Waals surface area contributed by atoms with Crippen LogP contribution in [0.15, 0.2) is 71.3 Å². The van der Waals surface area contributed by atoms with E-state index in [0.29, 0.717) is 0 Å². The lowest BCUT2D eigenvalue weighted by Crippen LogP contribution is -2.49. The number of carbonyl (C=O) groups is 1. The van der Waals surface area contributed by atoms with Crippen LogP contribution in [0.4, 0.5) is 18.9 Å². The number of carbonyl (C=O) groups excluding carboxylic acids is 1. The average molecular weight is 473 g/mol. The Morgan fingerprint density at radius 3 is 2.26 bits per heavy atom. The maximum absolute atomic E-state index is 12.8. The number of piperazine rings is 1. The van der Waals surface area contributed by atoms with Gasteiger partial charge in [-0.3, -0.25) is 9.69 Å². The molecule has 0 saturated carbocycles. The number of methoxy groups -OCH3 is 1. The first-order chi connectivity index (χ1) is 16.3. The highest BCUT2D eigenvalue weighted by molar-refractivity contribution is 5.94. The molecule has 180 valence electrons. The topological polar surface area (TPSA) is 58.0 Å². The highest BCUT2D eigenvalue weighted by Gasteiger charge is 2.31. The van der Waals surface area contributed by atoms with Gasteiger partial charge in [-0.25, -0.2) is 0 Å². The fourth-order valence-corrected chi connectivity index (χ4v) is 4.08. The summed E-state index contributed by atoms with van der Waals surface area (Å²) in [4.78, 5) is 17.1. The smallest absolute Gasteiger partial charge is 0.416 e. The molecular weight excluding hydrogens is 447 g/mol. The Hall–Kier alpha value is -3.46. The molecule has 0 aliphatic carbocycles. The van der Waals surface area contributed by atoms with Crippen molar-refractivity contribution in [1.29, 1.82) is 0 Å². The summed E-state index contributed by atoms with van der Waals surface area (Å²) in [5.41, 5.74) is 0.508. The van der Waals surface area contributed by atoms with Crippen LogP contribution >= 0.6 is 0 Å². The molecule has 6 nitrogen and oxygen atoms in total. The quantitative estimate of drug-likeness (QED) is 0.544. The fourth-order valence-electron chi connectivity index (χ4n) is 4.08. The second-order valence-electron chi connectivity index (χ2n) is 8.04. The Labute approximate surface area is 195 Å². The third-order valence-corrected chi connectivity index (χ3v) is 5.99. The van der Waals surface area contributed by atoms with Gasteiger partial charge in [0.2, 0.25) is 0 Å². The lowest BCUT2D eigenvalue weighted by Gasteiger charge is -2.39. The molecule has 1 saturated heterocycles. The molecule has 3 aromatic rings. The van der Waals surface area contributed by atoms with Crippen molar-refractivity contribution >= 4 is 11.6 Å². The minimum atomic E-state index is -4.44. The highest BCUT2D eigenvalue weighted by atomic mass is 19.4. The molecule has 9 heteroatoms. The molecule has 1 fully saturated rings. The van der Waals surface area contributed by atoms with Crippen LogP contribution < -0.4 is 15.0 Å². The van der Waals surface area contributed by atoms with Gasteiger partial charge < -0.3 is 19.4 Å². The fraction of sp³-hybridized carbons (Fsp3) is 0.320. The molecule has 0 bridgehead atoms. The number of furan rings is 1. The van der Waals surface area contributed by atoms with Crippen LogP contribution in [-0.2, 0) is 6.18 Å². The minimum absolute atomic E-state index is 0.176. The number of alkyl halides is 3. The second kappa shape index (κ2) is 10.2. The zero-order valence-corrected chi connectivity index (χ0v) is 18.7. The number of anilines is 1. The van der Waals surface area contributed by atoms with E-state index in [1.165, 1.54) is 12.1 Å². The number of benzene rings is 2. The number of halogens is 3. The van der Waals surface area contributed by atoms with E-state index in [2.05, 4.69) is 15.1 Å². The maximum atomic E-state index is 12.8. The molecule has 1 aromatic heterocycles. The van der Waals surface area contributed by atoms with Crippen molar-refractivity contribution < 1.29 is 27.1 Å². The van der Waals surface area contributed by atoms with E-state index in [0.717, 1.165) is 55.5 Å². The summed E-state index contributed by atoms with van der Waals surface area (Å²) < 4.78 is 49.2. The largest absolute Gasteiger partial charge is 0.497 e. The molecule has 2 aromatic carbocycles. The summed E-state index contributed by atoms with van der Waals surface area (Å²) in [6, 6.07) is 15.6. The van der Waals surface area contributed by atoms with Gasteiger partial charge in [-0.05, 0) is 60.7 Å². The zero-order valence-electron chi connectivity index (χ0n) is 18.7. The van der Waals surface area contributed by atoms with Crippen LogP contribution in [0.3, 0.4) is 0 Å². The van der Waals surface area contributed by atoms with Crippen LogP contribution in [-0.4, -0.2) is 50.6 Å². The Balaban J connectivity index is 1.38. The van der Waals surface area contributed by atoms with Crippen molar-refractivity contribution in [3.63, 3.8) is 0 Å².